The van der Waals surface area contributed by atoms with E-state index in [-0.39, 0.29) is 30.0 Å². The number of aliphatic hydroxyl groups is 1. The number of fused-ring (bicyclic) bond motifs is 1. The summed E-state index contributed by atoms with van der Waals surface area (Å²) in [5, 5.41) is 9.40. The lowest BCUT2D eigenvalue weighted by molar-refractivity contribution is -0.141. The third-order valence-electron chi connectivity index (χ3n) is 5.14. The number of amides is 1. The highest BCUT2D eigenvalue weighted by atomic mass is 16.5. The fourth-order valence-electron chi connectivity index (χ4n) is 3.76. The minimum Gasteiger partial charge on any atom is -0.393 e. The van der Waals surface area contributed by atoms with Crippen LogP contribution in [0.3, 0.4) is 0 Å². The Bertz CT molecular complexity index is 564. The van der Waals surface area contributed by atoms with Crippen LogP contribution in [0.25, 0.3) is 0 Å². The average Bonchev–Trinajstić information content (AvgIpc) is 2.84. The van der Waals surface area contributed by atoms with Gasteiger partial charge >= 0.3 is 0 Å². The molecule has 0 aromatic carbocycles. The summed E-state index contributed by atoms with van der Waals surface area (Å²) < 4.78 is 5.97. The van der Waals surface area contributed by atoms with Crippen LogP contribution >= 0.6 is 0 Å². The summed E-state index contributed by atoms with van der Waals surface area (Å²) >= 11 is 0. The van der Waals surface area contributed by atoms with Crippen molar-refractivity contribution in [2.45, 2.75) is 25.0 Å². The Morgan fingerprint density at radius 3 is 2.74 bits per heavy atom. The van der Waals surface area contributed by atoms with Crippen LogP contribution in [0, 0.1) is 11.8 Å². The van der Waals surface area contributed by atoms with E-state index in [1.807, 2.05) is 11.0 Å². The molecule has 0 unspecified atom stereocenters. The van der Waals surface area contributed by atoms with Gasteiger partial charge in [0.1, 0.15) is 0 Å². The summed E-state index contributed by atoms with van der Waals surface area (Å²) in [5.41, 5.74) is 0. The number of carbonyl (C=O) groups excluding carboxylic acids is 1. The van der Waals surface area contributed by atoms with Crippen molar-refractivity contribution < 1.29 is 14.6 Å². The minimum absolute atomic E-state index is 0.000834. The number of rotatable bonds is 2. The normalized spacial score (nSPS) is 33.8. The quantitative estimate of drug-likeness (QED) is 0.821. The molecule has 23 heavy (non-hydrogen) atoms. The summed E-state index contributed by atoms with van der Waals surface area (Å²) in [5.74, 6) is 1.19. The number of anilines is 1. The lowest BCUT2D eigenvalue weighted by Gasteiger charge is -2.33. The van der Waals surface area contributed by atoms with Gasteiger partial charge in [-0.05, 0) is 18.9 Å². The summed E-state index contributed by atoms with van der Waals surface area (Å²) in [7, 11) is 0. The second-order valence-corrected chi connectivity index (χ2v) is 6.73. The number of aromatic nitrogens is 2. The van der Waals surface area contributed by atoms with Gasteiger partial charge in [0.15, 0.2) is 0 Å². The molecule has 3 aliphatic rings. The highest BCUT2D eigenvalue weighted by Gasteiger charge is 2.43. The maximum atomic E-state index is 12.5. The number of nitrogens with zero attached hydrogens (tertiary/aromatic N) is 4. The average molecular weight is 318 g/mol. The Balaban J connectivity index is 1.41. The van der Waals surface area contributed by atoms with Gasteiger partial charge in [-0.15, -0.1) is 0 Å². The predicted octanol–water partition coefficient (Wildman–Crippen LogP) is -0.0889. The SMILES string of the molecule is O=C(C1CC(O)C1)N1C[C@@H]2CN(c3ncccn3)CCO[C@@H]2C1. The molecule has 2 aliphatic heterocycles. The van der Waals surface area contributed by atoms with Gasteiger partial charge in [0.05, 0.1) is 18.8 Å². The van der Waals surface area contributed by atoms with Crippen LogP contribution in [0.4, 0.5) is 5.95 Å². The van der Waals surface area contributed by atoms with Crippen LogP contribution in [0.15, 0.2) is 18.5 Å². The summed E-state index contributed by atoms with van der Waals surface area (Å²) in [6.45, 7) is 3.61. The molecule has 4 rings (SSSR count). The van der Waals surface area contributed by atoms with Gasteiger partial charge in [0.25, 0.3) is 0 Å². The van der Waals surface area contributed by atoms with Gasteiger partial charge in [0.2, 0.25) is 11.9 Å². The molecule has 124 valence electrons. The molecule has 0 radical (unpaired) electrons. The Morgan fingerprint density at radius 1 is 1.22 bits per heavy atom. The second kappa shape index (κ2) is 6.05. The molecule has 1 saturated carbocycles. The summed E-state index contributed by atoms with van der Waals surface area (Å²) in [4.78, 5) is 25.2. The second-order valence-electron chi connectivity index (χ2n) is 6.73. The molecule has 7 nitrogen and oxygen atoms in total. The number of ether oxygens (including phenoxy) is 1. The molecule has 1 aromatic heterocycles. The van der Waals surface area contributed by atoms with Crippen molar-refractivity contribution in [3.63, 3.8) is 0 Å². The van der Waals surface area contributed by atoms with Gasteiger partial charge in [-0.25, -0.2) is 9.97 Å². The van der Waals surface area contributed by atoms with Crippen LogP contribution < -0.4 is 4.90 Å². The third kappa shape index (κ3) is 2.90. The van der Waals surface area contributed by atoms with E-state index in [0.717, 1.165) is 25.6 Å². The summed E-state index contributed by atoms with van der Waals surface area (Å²) in [6, 6.07) is 1.81. The first-order valence-corrected chi connectivity index (χ1v) is 8.31. The van der Waals surface area contributed by atoms with Crippen molar-refractivity contribution in [2.24, 2.45) is 11.8 Å². The molecule has 0 bridgehead atoms. The molecular weight excluding hydrogens is 296 g/mol. The molecule has 1 aliphatic carbocycles. The molecule has 3 fully saturated rings. The van der Waals surface area contributed by atoms with E-state index in [4.69, 9.17) is 4.74 Å². The lowest BCUT2D eigenvalue weighted by atomic mass is 9.81. The van der Waals surface area contributed by atoms with E-state index in [2.05, 4.69) is 14.9 Å². The maximum absolute atomic E-state index is 12.5. The number of hydrogen-bond donors (Lipinski definition) is 1. The predicted molar refractivity (Wildman–Crippen MR) is 82.8 cm³/mol. The van der Waals surface area contributed by atoms with Gasteiger partial charge in [-0.2, -0.15) is 0 Å². The van der Waals surface area contributed by atoms with E-state index >= 15 is 0 Å². The lowest BCUT2D eigenvalue weighted by Crippen LogP contribution is -2.43. The van der Waals surface area contributed by atoms with Gasteiger partial charge in [0, 0.05) is 50.4 Å². The fourth-order valence-corrected chi connectivity index (χ4v) is 3.76. The third-order valence-corrected chi connectivity index (χ3v) is 5.14. The van der Waals surface area contributed by atoms with E-state index < -0.39 is 0 Å². The van der Waals surface area contributed by atoms with Crippen LogP contribution in [-0.4, -0.2) is 70.9 Å². The topological polar surface area (TPSA) is 78.8 Å². The van der Waals surface area contributed by atoms with Gasteiger partial charge < -0.3 is 19.6 Å². The highest BCUT2D eigenvalue weighted by Crippen LogP contribution is 2.32. The van der Waals surface area contributed by atoms with Crippen molar-refractivity contribution in [1.29, 1.82) is 0 Å². The van der Waals surface area contributed by atoms with Gasteiger partial charge in [-0.1, -0.05) is 0 Å². The van der Waals surface area contributed by atoms with Crippen LogP contribution in [-0.2, 0) is 9.53 Å². The molecular formula is C16H22N4O3. The molecule has 3 heterocycles. The zero-order valence-corrected chi connectivity index (χ0v) is 13.0. The molecule has 1 amide bonds. The Morgan fingerprint density at radius 2 is 2.00 bits per heavy atom. The summed E-state index contributed by atoms with van der Waals surface area (Å²) in [6.07, 6.45) is 4.51. The van der Waals surface area contributed by atoms with E-state index in [1.165, 1.54) is 0 Å². The van der Waals surface area contributed by atoms with E-state index in [0.29, 0.717) is 26.0 Å². The van der Waals surface area contributed by atoms with Crippen molar-refractivity contribution in [1.82, 2.24) is 14.9 Å². The molecule has 0 spiro atoms. The smallest absolute Gasteiger partial charge is 0.225 e. The Hall–Kier alpha value is -1.73. The zero-order valence-electron chi connectivity index (χ0n) is 13.0. The standard InChI is InChI=1S/C16H22N4O3/c21-13-6-11(7-13)15(22)20-9-12-8-19(4-5-23-14(12)10-20)16-17-2-1-3-18-16/h1-3,11-14,21H,4-10H2/t11?,12-,13?,14+/m0/s1. The number of carbonyl (C=O) groups is 1. The molecule has 2 saturated heterocycles. The first-order chi connectivity index (χ1) is 11.2. The fraction of sp³-hybridized carbons (Fsp3) is 0.688. The minimum atomic E-state index is -0.293. The van der Waals surface area contributed by atoms with E-state index in [9.17, 15) is 9.90 Å². The number of aliphatic hydroxyl groups excluding tert-OH is 1. The van der Waals surface area contributed by atoms with Crippen LogP contribution in [0.1, 0.15) is 12.8 Å². The van der Waals surface area contributed by atoms with Crippen molar-refractivity contribution in [2.75, 3.05) is 37.7 Å². The molecule has 2 atom stereocenters. The van der Waals surface area contributed by atoms with Crippen LogP contribution in [0.2, 0.25) is 0 Å². The Labute approximate surface area is 135 Å². The first kappa shape index (κ1) is 14.8. The van der Waals surface area contributed by atoms with Crippen molar-refractivity contribution in [3.8, 4) is 0 Å². The van der Waals surface area contributed by atoms with Crippen molar-refractivity contribution in [3.05, 3.63) is 18.5 Å². The van der Waals surface area contributed by atoms with Gasteiger partial charge in [-0.3, -0.25) is 4.79 Å². The molecule has 1 aromatic rings. The highest BCUT2D eigenvalue weighted by molar-refractivity contribution is 5.80. The number of hydrogen-bond acceptors (Lipinski definition) is 6. The largest absolute Gasteiger partial charge is 0.393 e. The van der Waals surface area contributed by atoms with Crippen molar-refractivity contribution >= 4 is 11.9 Å². The molecule has 7 heteroatoms. The maximum Gasteiger partial charge on any atom is 0.225 e. The molecule has 1 N–H and O–H groups in total. The first-order valence-electron chi connectivity index (χ1n) is 8.31. The van der Waals surface area contributed by atoms with Crippen LogP contribution in [0.5, 0.6) is 0 Å². The zero-order chi connectivity index (χ0) is 15.8. The number of likely N-dealkylation sites (tertiary alicyclic amines) is 1. The monoisotopic (exact) mass is 318 g/mol. The Kier molecular flexibility index (Phi) is 3.90. The van der Waals surface area contributed by atoms with E-state index in [1.54, 1.807) is 12.4 Å².